The van der Waals surface area contributed by atoms with Crippen molar-refractivity contribution in [1.82, 2.24) is 0 Å². The van der Waals surface area contributed by atoms with Gasteiger partial charge in [-0.15, -0.1) is 22.7 Å². The molecule has 7 heteroatoms. The number of hydrogen-bond acceptors (Lipinski definition) is 6. The summed E-state index contributed by atoms with van der Waals surface area (Å²) in [5, 5.41) is 0. The van der Waals surface area contributed by atoms with E-state index in [1.54, 1.807) is 22.7 Å². The van der Waals surface area contributed by atoms with Crippen molar-refractivity contribution in [2.24, 2.45) is 0 Å². The molecule has 8 rings (SSSR count). The predicted octanol–water partition coefficient (Wildman–Crippen LogP) is 15.9. The largest absolute Gasteiger partial charge is 0.311 e. The van der Waals surface area contributed by atoms with E-state index in [0.29, 0.717) is 11.3 Å². The number of anilines is 6. The number of unbranched alkanes of at least 4 members (excludes halogenated alkanes) is 5. The summed E-state index contributed by atoms with van der Waals surface area (Å²) in [4.78, 5) is 8.75. The topological polar surface area (TPSA) is 40.6 Å². The summed E-state index contributed by atoms with van der Waals surface area (Å²) >= 11 is 3.22. The van der Waals surface area contributed by atoms with E-state index in [1.807, 2.05) is 30.3 Å². The van der Waals surface area contributed by atoms with E-state index in [9.17, 15) is 8.42 Å². The van der Waals surface area contributed by atoms with Crippen LogP contribution < -0.4 is 9.80 Å². The van der Waals surface area contributed by atoms with Crippen molar-refractivity contribution in [3.05, 3.63) is 188 Å². The lowest BCUT2D eigenvalue weighted by Gasteiger charge is -2.25. The Balaban J connectivity index is 1.11. The summed E-state index contributed by atoms with van der Waals surface area (Å²) < 4.78 is 28.5. The molecule has 296 valence electrons. The summed E-state index contributed by atoms with van der Waals surface area (Å²) in [6.07, 6.45) is 6.19. The molecule has 0 saturated heterocycles. The standard InChI is InChI=1S/C52H48N2O2S3/c1-2-3-4-5-6-19-38-59(55,56)51-39-50(41-30-34-47(35-31-41)54(44-24-15-9-16-25-44)45-26-17-10-18-27-45)58-52(51)49-37-36-48(57-49)40-28-32-46(33-29-40)53(42-20-11-7-12-21-42)43-22-13-8-14-23-43/h7-18,20-37,39H,2-6,19,38H2,1H3. The van der Waals surface area contributed by atoms with Crippen molar-refractivity contribution in [3.8, 4) is 30.6 Å². The quantitative estimate of drug-likeness (QED) is 0.0857. The number of benzene rings is 6. The van der Waals surface area contributed by atoms with Crippen LogP contribution in [0.1, 0.15) is 45.4 Å². The van der Waals surface area contributed by atoms with Gasteiger partial charge in [-0.25, -0.2) is 8.42 Å². The van der Waals surface area contributed by atoms with Crippen LogP contribution in [-0.4, -0.2) is 14.2 Å². The molecule has 0 bridgehead atoms. The van der Waals surface area contributed by atoms with Crippen LogP contribution in [-0.2, 0) is 9.84 Å². The molecule has 0 unspecified atom stereocenters. The third-order valence-corrected chi connectivity index (χ3v) is 15.0. The monoisotopic (exact) mass is 828 g/mol. The number of nitrogens with zero attached hydrogens (tertiary/aromatic N) is 2. The number of rotatable bonds is 17. The van der Waals surface area contributed by atoms with E-state index in [0.717, 1.165) is 84.0 Å². The highest BCUT2D eigenvalue weighted by atomic mass is 32.2. The summed E-state index contributed by atoms with van der Waals surface area (Å²) in [6.45, 7) is 2.20. The first-order valence-electron chi connectivity index (χ1n) is 20.5. The number of sulfone groups is 1. The smallest absolute Gasteiger partial charge is 0.179 e. The first-order valence-corrected chi connectivity index (χ1v) is 23.8. The van der Waals surface area contributed by atoms with Crippen molar-refractivity contribution in [2.75, 3.05) is 15.6 Å². The number of thiophene rings is 2. The molecule has 4 nitrogen and oxygen atoms in total. The molecule has 0 N–H and O–H groups in total. The van der Waals surface area contributed by atoms with Crippen molar-refractivity contribution in [1.29, 1.82) is 0 Å². The zero-order valence-corrected chi connectivity index (χ0v) is 35.7. The second kappa shape index (κ2) is 18.9. The lowest BCUT2D eigenvalue weighted by molar-refractivity contribution is 0.584. The molecule has 2 aromatic heterocycles. The predicted molar refractivity (Wildman–Crippen MR) is 253 cm³/mol. The highest BCUT2D eigenvalue weighted by Gasteiger charge is 2.25. The van der Waals surface area contributed by atoms with Gasteiger partial charge in [0.2, 0.25) is 0 Å². The Bertz CT molecular complexity index is 2560. The van der Waals surface area contributed by atoms with Crippen LogP contribution in [0.4, 0.5) is 34.1 Å². The van der Waals surface area contributed by atoms with Gasteiger partial charge in [0.1, 0.15) is 0 Å². The maximum atomic E-state index is 14.2. The fourth-order valence-electron chi connectivity index (χ4n) is 7.47. The Morgan fingerprint density at radius 3 is 1.25 bits per heavy atom. The van der Waals surface area contributed by atoms with Crippen molar-refractivity contribution < 1.29 is 8.42 Å². The summed E-state index contributed by atoms with van der Waals surface area (Å²) in [7, 11) is -3.53. The van der Waals surface area contributed by atoms with E-state index in [2.05, 4.69) is 174 Å². The SMILES string of the molecule is CCCCCCCCS(=O)(=O)c1cc(-c2ccc(N(c3ccccc3)c3ccccc3)cc2)sc1-c1ccc(-c2ccc(N(c3ccccc3)c3ccccc3)cc2)s1. The van der Waals surface area contributed by atoms with Crippen LogP contribution in [0.3, 0.4) is 0 Å². The highest BCUT2D eigenvalue weighted by Crippen LogP contribution is 2.46. The van der Waals surface area contributed by atoms with Gasteiger partial charge in [0.25, 0.3) is 0 Å². The molecule has 8 aromatic rings. The molecule has 2 heterocycles. The van der Waals surface area contributed by atoms with E-state index in [-0.39, 0.29) is 5.75 Å². The van der Waals surface area contributed by atoms with Gasteiger partial charge < -0.3 is 9.80 Å². The van der Waals surface area contributed by atoms with Crippen molar-refractivity contribution >= 4 is 66.6 Å². The molecule has 0 aliphatic carbocycles. The normalized spacial score (nSPS) is 11.4. The zero-order valence-electron chi connectivity index (χ0n) is 33.3. The van der Waals surface area contributed by atoms with Gasteiger partial charge in [-0.3, -0.25) is 0 Å². The van der Waals surface area contributed by atoms with Crippen LogP contribution in [0.2, 0.25) is 0 Å². The number of hydrogen-bond donors (Lipinski definition) is 0. The average Bonchev–Trinajstić information content (AvgIpc) is 3.97. The van der Waals surface area contributed by atoms with Crippen LogP contribution >= 0.6 is 22.7 Å². The first-order chi connectivity index (χ1) is 29.0. The molecule has 0 radical (unpaired) electrons. The minimum atomic E-state index is -3.53. The second-order valence-electron chi connectivity index (χ2n) is 14.7. The van der Waals surface area contributed by atoms with Crippen LogP contribution in [0.5, 0.6) is 0 Å². The third kappa shape index (κ3) is 9.44. The second-order valence-corrected chi connectivity index (χ2v) is 18.9. The Labute approximate surface area is 357 Å². The molecular formula is C52H48N2O2S3. The first kappa shape index (κ1) is 40.1. The lowest BCUT2D eigenvalue weighted by Crippen LogP contribution is -2.09. The summed E-state index contributed by atoms with van der Waals surface area (Å²) in [6, 6.07) is 64.8. The van der Waals surface area contributed by atoms with E-state index in [1.165, 1.54) is 12.8 Å². The van der Waals surface area contributed by atoms with Crippen molar-refractivity contribution in [2.45, 2.75) is 50.3 Å². The Hall–Kier alpha value is -5.73. The molecule has 0 atom stereocenters. The molecule has 0 aliphatic heterocycles. The van der Waals surface area contributed by atoms with Crippen LogP contribution in [0.15, 0.2) is 193 Å². The molecule has 0 saturated carbocycles. The van der Waals surface area contributed by atoms with Gasteiger partial charge in [0.05, 0.1) is 15.5 Å². The molecular weight excluding hydrogens is 781 g/mol. The molecule has 59 heavy (non-hydrogen) atoms. The van der Waals surface area contributed by atoms with Gasteiger partial charge in [0.15, 0.2) is 9.84 Å². The fourth-order valence-corrected chi connectivity index (χ4v) is 11.8. The van der Waals surface area contributed by atoms with Gasteiger partial charge in [-0.1, -0.05) is 136 Å². The third-order valence-electron chi connectivity index (χ3n) is 10.5. The van der Waals surface area contributed by atoms with Gasteiger partial charge >= 0.3 is 0 Å². The Morgan fingerprint density at radius 2 is 0.797 bits per heavy atom. The zero-order chi connectivity index (χ0) is 40.4. The molecule has 0 fully saturated rings. The van der Waals surface area contributed by atoms with Crippen LogP contribution in [0, 0.1) is 0 Å². The summed E-state index contributed by atoms with van der Waals surface area (Å²) in [5.41, 5.74) is 8.51. The molecule has 0 spiro atoms. The number of para-hydroxylation sites is 4. The minimum Gasteiger partial charge on any atom is -0.311 e. The molecule has 0 amide bonds. The molecule has 6 aromatic carbocycles. The fraction of sp³-hybridized carbons (Fsp3) is 0.154. The molecule has 0 aliphatic rings. The lowest BCUT2D eigenvalue weighted by atomic mass is 10.1. The summed E-state index contributed by atoms with van der Waals surface area (Å²) in [5.74, 6) is 0.156. The van der Waals surface area contributed by atoms with Crippen molar-refractivity contribution in [3.63, 3.8) is 0 Å². The minimum absolute atomic E-state index is 0.156. The van der Waals surface area contributed by atoms with Gasteiger partial charge in [0, 0.05) is 48.8 Å². The Kier molecular flexibility index (Phi) is 12.8. The van der Waals surface area contributed by atoms with E-state index >= 15 is 0 Å². The van der Waals surface area contributed by atoms with Gasteiger partial charge in [-0.05, 0) is 109 Å². The van der Waals surface area contributed by atoms with Crippen LogP contribution in [0.25, 0.3) is 30.6 Å². The van der Waals surface area contributed by atoms with E-state index in [4.69, 9.17) is 0 Å². The Morgan fingerprint density at radius 1 is 0.407 bits per heavy atom. The average molecular weight is 829 g/mol. The van der Waals surface area contributed by atoms with E-state index < -0.39 is 9.84 Å². The maximum absolute atomic E-state index is 14.2. The maximum Gasteiger partial charge on any atom is 0.179 e. The highest BCUT2D eigenvalue weighted by molar-refractivity contribution is 7.91. The van der Waals surface area contributed by atoms with Gasteiger partial charge in [-0.2, -0.15) is 0 Å².